The molecule has 6 nitrogen and oxygen atoms in total. The summed E-state index contributed by atoms with van der Waals surface area (Å²) in [7, 11) is 0. The van der Waals surface area contributed by atoms with Gasteiger partial charge in [-0.2, -0.15) is 5.21 Å². The van der Waals surface area contributed by atoms with Gasteiger partial charge in [0.15, 0.2) is 0 Å². The zero-order chi connectivity index (χ0) is 12.3. The van der Waals surface area contributed by atoms with Gasteiger partial charge in [0.05, 0.1) is 10.3 Å². The summed E-state index contributed by atoms with van der Waals surface area (Å²) in [5.41, 5.74) is 0. The third kappa shape index (κ3) is 2.89. The molecule has 2 rings (SSSR count). The van der Waals surface area contributed by atoms with Crippen molar-refractivity contribution in [3.63, 3.8) is 0 Å². The molecule has 17 heavy (non-hydrogen) atoms. The molecule has 8 heteroatoms. The van der Waals surface area contributed by atoms with Gasteiger partial charge in [-0.15, -0.1) is 21.5 Å². The molecule has 0 bridgehead atoms. The lowest BCUT2D eigenvalue weighted by molar-refractivity contribution is 0.0742. The molecular formula is C9H10BrN5OS. The number of halogens is 1. The Morgan fingerprint density at radius 2 is 2.41 bits per heavy atom. The lowest BCUT2D eigenvalue weighted by Crippen LogP contribution is -2.30. The van der Waals surface area contributed by atoms with Crippen molar-refractivity contribution in [1.29, 1.82) is 0 Å². The van der Waals surface area contributed by atoms with Gasteiger partial charge >= 0.3 is 0 Å². The smallest absolute Gasteiger partial charge is 0.295 e. The molecule has 0 radical (unpaired) electrons. The van der Waals surface area contributed by atoms with Crippen LogP contribution < -0.4 is 0 Å². The minimum absolute atomic E-state index is 0.0995. The summed E-state index contributed by atoms with van der Waals surface area (Å²) < 4.78 is 1.05. The summed E-state index contributed by atoms with van der Waals surface area (Å²) in [5, 5.41) is 13.0. The number of carbonyl (C=O) groups excluding carboxylic acids is 1. The predicted molar refractivity (Wildman–Crippen MR) is 66.6 cm³/mol. The van der Waals surface area contributed by atoms with Gasteiger partial charge in [-0.1, -0.05) is 0 Å². The van der Waals surface area contributed by atoms with E-state index < -0.39 is 0 Å². The van der Waals surface area contributed by atoms with Gasteiger partial charge in [0.25, 0.3) is 11.7 Å². The third-order valence-electron chi connectivity index (χ3n) is 2.18. The average molecular weight is 316 g/mol. The number of amides is 1. The maximum atomic E-state index is 12.0. The number of carbonyl (C=O) groups is 1. The molecule has 2 aromatic rings. The van der Waals surface area contributed by atoms with Crippen molar-refractivity contribution in [2.24, 2.45) is 0 Å². The second-order valence-corrected chi connectivity index (χ2v) is 5.81. The highest BCUT2D eigenvalue weighted by atomic mass is 79.9. The zero-order valence-electron chi connectivity index (χ0n) is 9.05. The first kappa shape index (κ1) is 12.2. The summed E-state index contributed by atoms with van der Waals surface area (Å²) in [6.45, 7) is 3.07. The number of rotatable bonds is 4. The van der Waals surface area contributed by atoms with Crippen molar-refractivity contribution < 1.29 is 4.79 Å². The SMILES string of the molecule is CCN(Cc1ccc(Br)s1)C(=O)c1nn[nH]n1. The Bertz CT molecular complexity index is 497. The maximum Gasteiger partial charge on any atom is 0.295 e. The van der Waals surface area contributed by atoms with Crippen molar-refractivity contribution in [2.45, 2.75) is 13.5 Å². The van der Waals surface area contributed by atoms with E-state index in [0.717, 1.165) is 8.66 Å². The maximum absolute atomic E-state index is 12.0. The minimum Gasteiger partial charge on any atom is -0.331 e. The molecule has 0 saturated heterocycles. The van der Waals surface area contributed by atoms with Crippen LogP contribution in [0.2, 0.25) is 0 Å². The van der Waals surface area contributed by atoms with Crippen molar-refractivity contribution >= 4 is 33.2 Å². The van der Waals surface area contributed by atoms with Crippen LogP contribution in [-0.2, 0) is 6.54 Å². The van der Waals surface area contributed by atoms with Crippen LogP contribution in [0.5, 0.6) is 0 Å². The number of aromatic amines is 1. The number of hydrogen-bond donors (Lipinski definition) is 1. The van der Waals surface area contributed by atoms with Crippen LogP contribution >= 0.6 is 27.3 Å². The average Bonchev–Trinajstić information content (AvgIpc) is 2.96. The van der Waals surface area contributed by atoms with Gasteiger partial charge in [0.1, 0.15) is 0 Å². The molecule has 1 amide bonds. The summed E-state index contributed by atoms with van der Waals surface area (Å²) in [4.78, 5) is 14.8. The molecule has 0 aliphatic rings. The van der Waals surface area contributed by atoms with E-state index in [1.54, 1.807) is 16.2 Å². The number of aromatic nitrogens is 4. The first-order chi connectivity index (χ1) is 8.20. The van der Waals surface area contributed by atoms with Crippen molar-refractivity contribution in [1.82, 2.24) is 25.5 Å². The fourth-order valence-electron chi connectivity index (χ4n) is 1.35. The molecule has 0 saturated carbocycles. The van der Waals surface area contributed by atoms with Crippen LogP contribution in [0.25, 0.3) is 0 Å². The summed E-state index contributed by atoms with van der Waals surface area (Å²) >= 11 is 5.00. The zero-order valence-corrected chi connectivity index (χ0v) is 11.5. The van der Waals surface area contributed by atoms with E-state index >= 15 is 0 Å². The quantitative estimate of drug-likeness (QED) is 0.931. The van der Waals surface area contributed by atoms with Crippen molar-refractivity contribution in [3.05, 3.63) is 26.6 Å². The number of nitrogens with zero attached hydrogens (tertiary/aromatic N) is 4. The van der Waals surface area contributed by atoms with Crippen LogP contribution in [0.4, 0.5) is 0 Å². The van der Waals surface area contributed by atoms with E-state index in [4.69, 9.17) is 0 Å². The van der Waals surface area contributed by atoms with Crippen LogP contribution in [0, 0.1) is 0 Å². The second kappa shape index (κ2) is 5.37. The molecule has 2 aromatic heterocycles. The first-order valence-corrected chi connectivity index (χ1v) is 6.58. The first-order valence-electron chi connectivity index (χ1n) is 4.97. The molecule has 90 valence electrons. The van der Waals surface area contributed by atoms with Crippen molar-refractivity contribution in [2.75, 3.05) is 6.54 Å². The monoisotopic (exact) mass is 315 g/mol. The Hall–Kier alpha value is -1.28. The van der Waals surface area contributed by atoms with E-state index in [9.17, 15) is 4.79 Å². The molecule has 0 unspecified atom stereocenters. The summed E-state index contributed by atoms with van der Waals surface area (Å²) in [6.07, 6.45) is 0. The minimum atomic E-state index is -0.217. The molecular weight excluding hydrogens is 306 g/mol. The number of H-pyrrole nitrogens is 1. The largest absolute Gasteiger partial charge is 0.331 e. The number of hydrogen-bond acceptors (Lipinski definition) is 5. The van der Waals surface area contributed by atoms with Crippen LogP contribution in [-0.4, -0.2) is 38.0 Å². The molecule has 0 atom stereocenters. The Morgan fingerprint density at radius 1 is 1.59 bits per heavy atom. The van der Waals surface area contributed by atoms with Gasteiger partial charge in [-0.05, 0) is 40.2 Å². The fourth-order valence-corrected chi connectivity index (χ4v) is 2.84. The van der Waals surface area contributed by atoms with Crippen LogP contribution in [0.3, 0.4) is 0 Å². The van der Waals surface area contributed by atoms with Gasteiger partial charge in [0.2, 0.25) is 0 Å². The summed E-state index contributed by atoms with van der Waals surface area (Å²) in [6, 6.07) is 3.95. The van der Waals surface area contributed by atoms with Gasteiger partial charge in [-0.3, -0.25) is 4.79 Å². The van der Waals surface area contributed by atoms with Crippen molar-refractivity contribution in [3.8, 4) is 0 Å². The predicted octanol–water partition coefficient (Wildman–Crippen LogP) is 1.69. The van der Waals surface area contributed by atoms with E-state index in [2.05, 4.69) is 36.6 Å². The molecule has 0 spiro atoms. The highest BCUT2D eigenvalue weighted by Crippen LogP contribution is 2.23. The molecule has 0 aliphatic carbocycles. The highest BCUT2D eigenvalue weighted by molar-refractivity contribution is 9.11. The molecule has 0 aliphatic heterocycles. The van der Waals surface area contributed by atoms with Gasteiger partial charge in [0, 0.05) is 11.4 Å². The van der Waals surface area contributed by atoms with Gasteiger partial charge < -0.3 is 4.90 Å². The molecule has 0 fully saturated rings. The third-order valence-corrected chi connectivity index (χ3v) is 3.79. The Kier molecular flexibility index (Phi) is 3.85. The normalized spacial score (nSPS) is 10.5. The molecule has 2 heterocycles. The van der Waals surface area contributed by atoms with E-state index in [-0.39, 0.29) is 11.7 Å². The summed E-state index contributed by atoms with van der Waals surface area (Å²) in [5.74, 6) is -0.117. The lowest BCUT2D eigenvalue weighted by atomic mass is 10.4. The van der Waals surface area contributed by atoms with Crippen LogP contribution in [0.1, 0.15) is 22.4 Å². The Balaban J connectivity index is 2.09. The number of nitrogens with one attached hydrogen (secondary N) is 1. The topological polar surface area (TPSA) is 74.8 Å². The Morgan fingerprint density at radius 3 is 2.94 bits per heavy atom. The molecule has 1 N–H and O–H groups in total. The highest BCUT2D eigenvalue weighted by Gasteiger charge is 2.19. The Labute approximate surface area is 110 Å². The van der Waals surface area contributed by atoms with E-state index in [1.807, 2.05) is 19.1 Å². The number of thiophene rings is 1. The standard InChI is InChI=1S/C9H10BrN5OS/c1-2-15(5-6-3-4-7(10)17-6)9(16)8-11-13-14-12-8/h3-4H,2,5H2,1H3,(H,11,12,13,14). The molecule has 0 aromatic carbocycles. The fraction of sp³-hybridized carbons (Fsp3) is 0.333. The van der Waals surface area contributed by atoms with E-state index in [1.165, 1.54) is 0 Å². The lowest BCUT2D eigenvalue weighted by Gasteiger charge is -2.17. The van der Waals surface area contributed by atoms with Crippen LogP contribution in [0.15, 0.2) is 15.9 Å². The second-order valence-electron chi connectivity index (χ2n) is 3.26. The van der Waals surface area contributed by atoms with E-state index in [0.29, 0.717) is 13.1 Å². The van der Waals surface area contributed by atoms with Gasteiger partial charge in [-0.25, -0.2) is 0 Å². The number of tetrazole rings is 1.